The summed E-state index contributed by atoms with van der Waals surface area (Å²) in [6.07, 6.45) is 0. The van der Waals surface area contributed by atoms with Crippen LogP contribution in [0, 0.1) is 20.8 Å². The molecule has 12 aromatic carbocycles. The van der Waals surface area contributed by atoms with Gasteiger partial charge in [0, 0.05) is 78.4 Å². The molecule has 2 aliphatic heterocycles. The Bertz CT molecular complexity index is 4710. The molecule has 6 nitrogen and oxygen atoms in total. The lowest BCUT2D eigenvalue weighted by molar-refractivity contribution is 0.488. The third kappa shape index (κ3) is 7.43. The van der Waals surface area contributed by atoms with Crippen molar-refractivity contribution >= 4 is 118 Å². The second-order valence-electron chi connectivity index (χ2n) is 21.9. The number of para-hydroxylation sites is 6. The summed E-state index contributed by atoms with van der Waals surface area (Å²) in [6.45, 7) is 6.54. The van der Waals surface area contributed by atoms with Crippen LogP contribution in [0.25, 0.3) is 55.0 Å². The molecule has 0 spiro atoms. The van der Waals surface area contributed by atoms with Crippen LogP contribution in [-0.2, 0) is 0 Å². The van der Waals surface area contributed by atoms with E-state index in [-0.39, 0.29) is 6.71 Å². The van der Waals surface area contributed by atoms with E-state index in [0.29, 0.717) is 0 Å². The lowest BCUT2D eigenvalue weighted by atomic mass is 9.34. The average Bonchev–Trinajstić information content (AvgIpc) is 1.69. The molecule has 2 aliphatic rings. The number of benzene rings is 12. The molecule has 0 saturated carbocycles. The maximum absolute atomic E-state index is 7.34. The molecule has 388 valence electrons. The molecule has 0 bridgehead atoms. The van der Waals surface area contributed by atoms with E-state index < -0.39 is 0 Å². The van der Waals surface area contributed by atoms with Gasteiger partial charge in [-0.05, 0) is 182 Å². The van der Waals surface area contributed by atoms with Crippen LogP contribution in [0.15, 0.2) is 273 Å². The molecule has 14 aromatic rings. The fourth-order valence-electron chi connectivity index (χ4n) is 13.6. The summed E-state index contributed by atoms with van der Waals surface area (Å²) in [5, 5.41) is 4.66. The topological polar surface area (TPSA) is 28.8 Å². The second kappa shape index (κ2) is 18.8. The van der Waals surface area contributed by atoms with Gasteiger partial charge in [-0.25, -0.2) is 0 Å². The fourth-order valence-corrected chi connectivity index (χ4v) is 13.6. The lowest BCUT2D eigenvalue weighted by Gasteiger charge is -2.41. The lowest BCUT2D eigenvalue weighted by Crippen LogP contribution is -2.59. The number of anilines is 9. The molecular weight excluding hydrogens is 998 g/mol. The maximum Gasteiger partial charge on any atom is 0.256 e. The molecule has 4 heterocycles. The first-order valence-electron chi connectivity index (χ1n) is 28.3. The minimum Gasteiger partial charge on any atom is -0.458 e. The summed E-state index contributed by atoms with van der Waals surface area (Å²) in [5.74, 6) is 1.74. The zero-order chi connectivity index (χ0) is 54.6. The van der Waals surface area contributed by atoms with Crippen molar-refractivity contribution in [3.63, 3.8) is 0 Å². The van der Waals surface area contributed by atoms with E-state index in [9.17, 15) is 0 Å². The first kappa shape index (κ1) is 47.5. The van der Waals surface area contributed by atoms with Gasteiger partial charge in [-0.3, -0.25) is 0 Å². The van der Waals surface area contributed by atoms with Gasteiger partial charge in [0.2, 0.25) is 0 Å². The highest BCUT2D eigenvalue weighted by Crippen LogP contribution is 2.48. The van der Waals surface area contributed by atoms with Gasteiger partial charge in [0.1, 0.15) is 11.5 Å². The molecule has 0 amide bonds. The van der Waals surface area contributed by atoms with Crippen molar-refractivity contribution in [2.24, 2.45) is 0 Å². The monoisotopic (exact) mass is 1050 g/mol. The normalized spacial score (nSPS) is 12.4. The van der Waals surface area contributed by atoms with Crippen LogP contribution in [0.3, 0.4) is 0 Å². The molecule has 0 saturated heterocycles. The van der Waals surface area contributed by atoms with Crippen LogP contribution in [0.2, 0.25) is 0 Å². The van der Waals surface area contributed by atoms with E-state index in [4.69, 9.17) is 4.74 Å². The highest BCUT2D eigenvalue weighted by atomic mass is 16.5. The van der Waals surface area contributed by atoms with Crippen LogP contribution >= 0.6 is 0 Å². The standard InChI is InChI=1S/C75H54BN5O/c1-49-41-50(2)75(51(3)42-49)81-66-35-22-36-72-74(66)76(64-47-69-62(45-71(64)81)60-39-37-58(43-67(60)79(69)56-31-18-8-19-32-56)77(52-23-10-4-11-24-52)53-25-12-5-13-26-53)65-48-70-63(46-73(65)82-72)61-40-38-59(44-68(61)80(70)57-33-20-9-21-34-57)78(54-27-14-6-15-28-54)55-29-16-7-17-30-55/h4-48H,1-3H3. The summed E-state index contributed by atoms with van der Waals surface area (Å²) < 4.78 is 12.3. The second-order valence-corrected chi connectivity index (χ2v) is 21.9. The Morgan fingerprint density at radius 1 is 0.329 bits per heavy atom. The molecule has 2 aromatic heterocycles. The summed E-state index contributed by atoms with van der Waals surface area (Å²) in [4.78, 5) is 7.25. The third-order valence-corrected chi connectivity index (χ3v) is 16.9. The zero-order valence-electron chi connectivity index (χ0n) is 45.7. The van der Waals surface area contributed by atoms with E-state index in [1.54, 1.807) is 0 Å². The molecule has 7 heteroatoms. The third-order valence-electron chi connectivity index (χ3n) is 16.9. The van der Waals surface area contributed by atoms with Gasteiger partial charge in [0.25, 0.3) is 6.71 Å². The van der Waals surface area contributed by atoms with Crippen molar-refractivity contribution in [1.29, 1.82) is 0 Å². The van der Waals surface area contributed by atoms with Gasteiger partial charge < -0.3 is 28.6 Å². The van der Waals surface area contributed by atoms with Gasteiger partial charge in [0.15, 0.2) is 0 Å². The van der Waals surface area contributed by atoms with Crippen molar-refractivity contribution in [3.8, 4) is 22.9 Å². The average molecular weight is 1050 g/mol. The fraction of sp³-hybridized carbons (Fsp3) is 0.0400. The Balaban J connectivity index is 0.978. The number of nitrogens with zero attached hydrogens (tertiary/aromatic N) is 5. The van der Waals surface area contributed by atoms with Crippen LogP contribution in [-0.4, -0.2) is 15.8 Å². The van der Waals surface area contributed by atoms with Gasteiger partial charge in [0.05, 0.1) is 27.8 Å². The minimum atomic E-state index is -0.185. The first-order chi connectivity index (χ1) is 40.4. The van der Waals surface area contributed by atoms with Crippen LogP contribution in [0.5, 0.6) is 11.5 Å². The minimum absolute atomic E-state index is 0.185. The Morgan fingerprint density at radius 3 is 1.23 bits per heavy atom. The Morgan fingerprint density at radius 2 is 0.756 bits per heavy atom. The van der Waals surface area contributed by atoms with Gasteiger partial charge >= 0.3 is 0 Å². The molecule has 0 aliphatic carbocycles. The molecular formula is C75H54BN5O. The number of hydrogen-bond donors (Lipinski definition) is 0. The Labute approximate surface area is 477 Å². The zero-order valence-corrected chi connectivity index (χ0v) is 45.7. The summed E-state index contributed by atoms with van der Waals surface area (Å²) in [5.41, 5.74) is 23.9. The molecule has 0 atom stereocenters. The molecule has 82 heavy (non-hydrogen) atoms. The number of aryl methyl sites for hydroxylation is 3. The van der Waals surface area contributed by atoms with Crippen molar-refractivity contribution in [2.45, 2.75) is 20.8 Å². The summed E-state index contributed by atoms with van der Waals surface area (Å²) >= 11 is 0. The van der Waals surface area contributed by atoms with Gasteiger partial charge in [-0.15, -0.1) is 0 Å². The first-order valence-corrected chi connectivity index (χ1v) is 28.3. The molecule has 0 fully saturated rings. The summed E-state index contributed by atoms with van der Waals surface area (Å²) in [7, 11) is 0. The SMILES string of the molecule is Cc1cc(C)c(N2c3cc4c5ccc(N(c6ccccc6)c6ccccc6)cc5n(-c5ccccc5)c4cc3B3c4cc5c(cc4Oc4cccc2c43)c2ccc(N(c3ccccc3)c3ccccc3)cc2n5-c2ccccc2)c(C)c1. The van der Waals surface area contributed by atoms with E-state index in [1.807, 2.05) is 0 Å². The van der Waals surface area contributed by atoms with E-state index in [0.717, 1.165) is 112 Å². The number of aromatic nitrogens is 2. The van der Waals surface area contributed by atoms with Gasteiger partial charge in [-0.2, -0.15) is 0 Å². The predicted molar refractivity (Wildman–Crippen MR) is 345 cm³/mol. The molecule has 0 N–H and O–H groups in total. The van der Waals surface area contributed by atoms with Gasteiger partial charge in [-0.1, -0.05) is 145 Å². The highest BCUT2D eigenvalue weighted by Gasteiger charge is 2.43. The van der Waals surface area contributed by atoms with E-state index >= 15 is 0 Å². The molecule has 16 rings (SSSR count). The highest BCUT2D eigenvalue weighted by molar-refractivity contribution is 6.99. The van der Waals surface area contributed by atoms with Crippen molar-refractivity contribution < 1.29 is 4.74 Å². The van der Waals surface area contributed by atoms with E-state index in [2.05, 4.69) is 318 Å². The van der Waals surface area contributed by atoms with Crippen LogP contribution < -0.4 is 35.8 Å². The van der Waals surface area contributed by atoms with Crippen molar-refractivity contribution in [1.82, 2.24) is 9.13 Å². The molecule has 0 unspecified atom stereocenters. The Hall–Kier alpha value is -10.5. The quantitative estimate of drug-likeness (QED) is 0.135. The Kier molecular flexibility index (Phi) is 10.9. The van der Waals surface area contributed by atoms with Crippen LogP contribution in [0.1, 0.15) is 16.7 Å². The molecule has 0 radical (unpaired) electrons. The largest absolute Gasteiger partial charge is 0.458 e. The summed E-state index contributed by atoms with van der Waals surface area (Å²) in [6, 6.07) is 99.5. The van der Waals surface area contributed by atoms with Crippen molar-refractivity contribution in [3.05, 3.63) is 290 Å². The predicted octanol–water partition coefficient (Wildman–Crippen LogP) is 18.2. The smallest absolute Gasteiger partial charge is 0.256 e. The number of hydrogen-bond acceptors (Lipinski definition) is 4. The maximum atomic E-state index is 7.34. The van der Waals surface area contributed by atoms with Crippen molar-refractivity contribution in [2.75, 3.05) is 14.7 Å². The van der Waals surface area contributed by atoms with Crippen LogP contribution in [0.4, 0.5) is 51.2 Å². The number of ether oxygens (including phenoxy) is 1. The number of rotatable bonds is 9. The van der Waals surface area contributed by atoms with E-state index in [1.165, 1.54) is 38.6 Å². The number of fused-ring (bicyclic) bond motifs is 10.